The Balaban J connectivity index is 2.23. The minimum Gasteiger partial charge on any atom is -0.326 e. The highest BCUT2D eigenvalue weighted by atomic mass is 32.2. The summed E-state index contributed by atoms with van der Waals surface area (Å²) in [5, 5.41) is 0.428. The minimum atomic E-state index is -0.199. The maximum absolute atomic E-state index is 11.3. The van der Waals surface area contributed by atoms with Crippen molar-refractivity contribution < 1.29 is 0 Å². The highest BCUT2D eigenvalue weighted by Gasteiger charge is 2.15. The Labute approximate surface area is 92.9 Å². The molecule has 2 rings (SSSR count). The Hall–Kier alpha value is -0.810. The molecule has 1 unspecified atom stereocenters. The van der Waals surface area contributed by atoms with Crippen molar-refractivity contribution >= 4 is 11.8 Å². The average Bonchev–Trinajstić information content (AvgIpc) is 2.31. The maximum atomic E-state index is 11.3. The van der Waals surface area contributed by atoms with Crippen LogP contribution in [0.15, 0.2) is 17.3 Å². The molecule has 0 spiro atoms. The van der Waals surface area contributed by atoms with Crippen LogP contribution in [0, 0.1) is 0 Å². The van der Waals surface area contributed by atoms with E-state index in [0.717, 1.165) is 6.42 Å². The molecule has 0 aromatic carbocycles. The van der Waals surface area contributed by atoms with Crippen molar-refractivity contribution in [2.24, 2.45) is 5.73 Å². The summed E-state index contributed by atoms with van der Waals surface area (Å²) in [4.78, 5) is 15.1. The largest absolute Gasteiger partial charge is 0.326 e. The van der Waals surface area contributed by atoms with E-state index in [1.165, 1.54) is 18.6 Å². The van der Waals surface area contributed by atoms with Gasteiger partial charge in [0.05, 0.1) is 11.7 Å². The van der Waals surface area contributed by atoms with E-state index in [0.29, 0.717) is 10.9 Å². The fourth-order valence-electron chi connectivity index (χ4n) is 1.73. The van der Waals surface area contributed by atoms with Crippen LogP contribution in [0.25, 0.3) is 0 Å². The standard InChI is InChI=1S/C10H15N3OS/c11-5-8-6-13(7-12-10(8)14)9-3-1-2-4-15-9/h6-7,9H,1-5,11H2. The number of hydrogen-bond acceptors (Lipinski definition) is 4. The molecule has 0 radical (unpaired) electrons. The first-order valence-electron chi connectivity index (χ1n) is 5.19. The first-order chi connectivity index (χ1) is 7.31. The zero-order chi connectivity index (χ0) is 10.7. The molecule has 1 aliphatic rings. The van der Waals surface area contributed by atoms with Gasteiger partial charge in [-0.05, 0) is 25.0 Å². The van der Waals surface area contributed by atoms with Crippen LogP contribution < -0.4 is 11.3 Å². The second kappa shape index (κ2) is 4.81. The molecule has 1 fully saturated rings. The minimum absolute atomic E-state index is 0.199. The maximum Gasteiger partial charge on any atom is 0.277 e. The van der Waals surface area contributed by atoms with Gasteiger partial charge in [-0.2, -0.15) is 4.98 Å². The van der Waals surface area contributed by atoms with E-state index in [9.17, 15) is 4.79 Å². The van der Waals surface area contributed by atoms with Crippen LogP contribution in [0.2, 0.25) is 0 Å². The van der Waals surface area contributed by atoms with Crippen LogP contribution in [0.4, 0.5) is 0 Å². The lowest BCUT2D eigenvalue weighted by Crippen LogP contribution is -2.21. The molecule has 0 saturated carbocycles. The van der Waals surface area contributed by atoms with Gasteiger partial charge >= 0.3 is 0 Å². The molecule has 5 heteroatoms. The summed E-state index contributed by atoms with van der Waals surface area (Å²) in [6, 6.07) is 0. The van der Waals surface area contributed by atoms with E-state index in [4.69, 9.17) is 5.73 Å². The summed E-state index contributed by atoms with van der Waals surface area (Å²) >= 11 is 1.92. The van der Waals surface area contributed by atoms with Crippen molar-refractivity contribution in [2.75, 3.05) is 5.75 Å². The summed E-state index contributed by atoms with van der Waals surface area (Å²) in [5.74, 6) is 1.19. The molecule has 15 heavy (non-hydrogen) atoms. The van der Waals surface area contributed by atoms with Crippen molar-refractivity contribution in [3.05, 3.63) is 28.4 Å². The first kappa shape index (κ1) is 10.7. The topological polar surface area (TPSA) is 60.9 Å². The van der Waals surface area contributed by atoms with Gasteiger partial charge in [0.1, 0.15) is 0 Å². The summed E-state index contributed by atoms with van der Waals surface area (Å²) < 4.78 is 2.02. The molecule has 0 amide bonds. The van der Waals surface area contributed by atoms with Crippen LogP contribution in [0.1, 0.15) is 30.2 Å². The third-order valence-electron chi connectivity index (χ3n) is 2.60. The van der Waals surface area contributed by atoms with Crippen molar-refractivity contribution in [2.45, 2.75) is 31.2 Å². The van der Waals surface area contributed by atoms with E-state index in [-0.39, 0.29) is 12.1 Å². The van der Waals surface area contributed by atoms with Crippen molar-refractivity contribution in [3.8, 4) is 0 Å². The Bertz CT molecular complexity index is 384. The van der Waals surface area contributed by atoms with Gasteiger partial charge in [0.25, 0.3) is 5.56 Å². The fraction of sp³-hybridized carbons (Fsp3) is 0.600. The lowest BCUT2D eigenvalue weighted by Gasteiger charge is -2.23. The molecule has 1 aromatic heterocycles. The molecule has 0 bridgehead atoms. The zero-order valence-corrected chi connectivity index (χ0v) is 9.37. The Morgan fingerprint density at radius 2 is 2.47 bits per heavy atom. The molecule has 0 aliphatic carbocycles. The van der Waals surface area contributed by atoms with Gasteiger partial charge in [-0.1, -0.05) is 0 Å². The smallest absolute Gasteiger partial charge is 0.277 e. The molecule has 2 N–H and O–H groups in total. The number of thioether (sulfide) groups is 1. The quantitative estimate of drug-likeness (QED) is 0.819. The van der Waals surface area contributed by atoms with Gasteiger partial charge in [0, 0.05) is 18.3 Å². The van der Waals surface area contributed by atoms with Gasteiger partial charge in [-0.3, -0.25) is 4.79 Å². The molecule has 4 nitrogen and oxygen atoms in total. The van der Waals surface area contributed by atoms with E-state index in [2.05, 4.69) is 4.98 Å². The second-order valence-electron chi connectivity index (χ2n) is 3.68. The van der Waals surface area contributed by atoms with Crippen LogP contribution in [0.5, 0.6) is 0 Å². The predicted octanol–water partition coefficient (Wildman–Crippen LogP) is 1.12. The van der Waals surface area contributed by atoms with Gasteiger partial charge in [0.2, 0.25) is 0 Å². The van der Waals surface area contributed by atoms with Gasteiger partial charge in [-0.25, -0.2) is 0 Å². The van der Waals surface area contributed by atoms with E-state index in [1.54, 1.807) is 6.33 Å². The summed E-state index contributed by atoms with van der Waals surface area (Å²) in [7, 11) is 0. The van der Waals surface area contributed by atoms with Gasteiger partial charge < -0.3 is 10.3 Å². The third-order valence-corrected chi connectivity index (χ3v) is 3.98. The molecule has 1 saturated heterocycles. The van der Waals surface area contributed by atoms with Gasteiger partial charge in [-0.15, -0.1) is 11.8 Å². The first-order valence-corrected chi connectivity index (χ1v) is 6.24. The number of nitrogens with zero attached hydrogens (tertiary/aromatic N) is 2. The predicted molar refractivity (Wildman–Crippen MR) is 61.7 cm³/mol. The van der Waals surface area contributed by atoms with Crippen molar-refractivity contribution in [3.63, 3.8) is 0 Å². The lowest BCUT2D eigenvalue weighted by atomic mass is 10.2. The fourth-order valence-corrected chi connectivity index (χ4v) is 2.99. The molecule has 2 heterocycles. The molecule has 82 valence electrons. The molecular formula is C10H15N3OS. The Morgan fingerprint density at radius 3 is 3.13 bits per heavy atom. The molecule has 1 atom stereocenters. The SMILES string of the molecule is NCc1cn(C2CCCCS2)cnc1=O. The third kappa shape index (κ3) is 2.41. The molecular weight excluding hydrogens is 210 g/mol. The van der Waals surface area contributed by atoms with Crippen molar-refractivity contribution in [1.29, 1.82) is 0 Å². The lowest BCUT2D eigenvalue weighted by molar-refractivity contribution is 0.556. The number of rotatable bonds is 2. The number of hydrogen-bond donors (Lipinski definition) is 1. The van der Waals surface area contributed by atoms with Gasteiger partial charge in [0.15, 0.2) is 0 Å². The Kier molecular flexibility index (Phi) is 3.43. The summed E-state index contributed by atoms with van der Waals surface area (Å²) in [6.07, 6.45) is 7.17. The summed E-state index contributed by atoms with van der Waals surface area (Å²) in [6.45, 7) is 0.268. The highest BCUT2D eigenvalue weighted by Crippen LogP contribution is 2.33. The zero-order valence-electron chi connectivity index (χ0n) is 8.56. The van der Waals surface area contributed by atoms with Crippen LogP contribution in [-0.4, -0.2) is 15.3 Å². The van der Waals surface area contributed by atoms with Crippen LogP contribution in [0.3, 0.4) is 0 Å². The number of aromatic nitrogens is 2. The Morgan fingerprint density at radius 1 is 1.60 bits per heavy atom. The van der Waals surface area contributed by atoms with Crippen molar-refractivity contribution in [1.82, 2.24) is 9.55 Å². The highest BCUT2D eigenvalue weighted by molar-refractivity contribution is 7.99. The van der Waals surface area contributed by atoms with E-state index in [1.807, 2.05) is 22.5 Å². The van der Waals surface area contributed by atoms with E-state index >= 15 is 0 Å². The molecule has 1 aromatic rings. The van der Waals surface area contributed by atoms with Crippen LogP contribution in [-0.2, 0) is 6.54 Å². The van der Waals surface area contributed by atoms with E-state index < -0.39 is 0 Å². The second-order valence-corrected chi connectivity index (χ2v) is 4.96. The van der Waals surface area contributed by atoms with Crippen LogP contribution >= 0.6 is 11.8 Å². The number of nitrogens with two attached hydrogens (primary N) is 1. The molecule has 1 aliphatic heterocycles. The average molecular weight is 225 g/mol. The monoisotopic (exact) mass is 225 g/mol. The summed E-state index contributed by atoms with van der Waals surface area (Å²) in [5.41, 5.74) is 5.89. The normalized spacial score (nSPS) is 21.5.